The van der Waals surface area contributed by atoms with Gasteiger partial charge in [-0.25, -0.2) is 9.97 Å². The van der Waals surface area contributed by atoms with Crippen LogP contribution in [0.25, 0.3) is 43.5 Å². The Hall–Kier alpha value is -4.38. The predicted molar refractivity (Wildman–Crippen MR) is 128 cm³/mol. The topological polar surface area (TPSA) is 176 Å². The fraction of sp³-hybridized carbons (Fsp3) is 0.0909. The third kappa shape index (κ3) is 3.09. The SMILES string of the molecule is N=C(N)c1ccc2[nH]c(-c3sc(-c4nc5cc(C(=N)N)ccc5[nH]4)c4c3OCCO4)nc2c1. The fourth-order valence-electron chi connectivity index (χ4n) is 3.82. The molecule has 6 rings (SSSR count). The van der Waals surface area contributed by atoms with E-state index in [4.69, 9.17) is 41.7 Å². The number of benzene rings is 2. The maximum atomic E-state index is 7.66. The van der Waals surface area contributed by atoms with Crippen molar-refractivity contribution in [3.05, 3.63) is 47.5 Å². The van der Waals surface area contributed by atoms with Gasteiger partial charge in [0, 0.05) is 11.1 Å². The summed E-state index contributed by atoms with van der Waals surface area (Å²) in [5.41, 5.74) is 15.5. The lowest BCUT2D eigenvalue weighted by Crippen LogP contribution is -2.15. The minimum Gasteiger partial charge on any atom is -0.484 e. The molecule has 1 aliphatic rings. The first-order chi connectivity index (χ1) is 16.0. The van der Waals surface area contributed by atoms with Gasteiger partial charge in [0.15, 0.2) is 23.1 Å². The van der Waals surface area contributed by atoms with Gasteiger partial charge in [-0.2, -0.15) is 0 Å². The van der Waals surface area contributed by atoms with Crippen LogP contribution in [-0.2, 0) is 0 Å². The summed E-state index contributed by atoms with van der Waals surface area (Å²) in [6.07, 6.45) is 0. The van der Waals surface area contributed by atoms with Crippen LogP contribution in [0.2, 0.25) is 0 Å². The zero-order chi connectivity index (χ0) is 22.7. The summed E-state index contributed by atoms with van der Waals surface area (Å²) in [5, 5.41) is 15.3. The molecule has 10 nitrogen and oxygen atoms in total. The number of nitrogens with one attached hydrogen (secondary N) is 4. The Balaban J connectivity index is 1.50. The van der Waals surface area contributed by atoms with E-state index in [0.29, 0.717) is 58.5 Å². The van der Waals surface area contributed by atoms with E-state index in [1.165, 1.54) is 11.3 Å². The third-order valence-electron chi connectivity index (χ3n) is 5.42. The van der Waals surface area contributed by atoms with Crippen molar-refractivity contribution in [2.75, 3.05) is 13.2 Å². The third-order valence-corrected chi connectivity index (χ3v) is 6.58. The number of amidine groups is 2. The van der Waals surface area contributed by atoms with E-state index >= 15 is 0 Å². The smallest absolute Gasteiger partial charge is 0.183 e. The molecule has 0 amide bonds. The van der Waals surface area contributed by atoms with Gasteiger partial charge in [0.05, 0.1) is 22.1 Å². The van der Waals surface area contributed by atoms with Crippen molar-refractivity contribution >= 4 is 45.1 Å². The van der Waals surface area contributed by atoms with Crippen molar-refractivity contribution < 1.29 is 9.47 Å². The number of imidazole rings is 2. The van der Waals surface area contributed by atoms with Crippen molar-refractivity contribution in [2.24, 2.45) is 11.5 Å². The van der Waals surface area contributed by atoms with Gasteiger partial charge in [-0.1, -0.05) is 0 Å². The van der Waals surface area contributed by atoms with E-state index in [-0.39, 0.29) is 11.7 Å². The molecule has 1 aliphatic heterocycles. The first-order valence-corrected chi connectivity index (χ1v) is 10.9. The molecule has 0 radical (unpaired) electrons. The molecule has 0 saturated carbocycles. The summed E-state index contributed by atoms with van der Waals surface area (Å²) < 4.78 is 12.0. The minimum atomic E-state index is -0.00760. The first kappa shape index (κ1) is 19.3. The maximum absolute atomic E-state index is 7.66. The molecule has 4 heterocycles. The lowest BCUT2D eigenvalue weighted by molar-refractivity contribution is 0.174. The van der Waals surface area contributed by atoms with E-state index in [1.54, 1.807) is 24.3 Å². The predicted octanol–water partition coefficient (Wildman–Crippen LogP) is 3.17. The highest BCUT2D eigenvalue weighted by atomic mass is 32.1. The molecule has 8 N–H and O–H groups in total. The molecular weight excluding hydrogens is 440 g/mol. The normalized spacial score (nSPS) is 13.0. The summed E-state index contributed by atoms with van der Waals surface area (Å²) in [6, 6.07) is 10.8. The number of ether oxygens (including phenoxy) is 2. The second-order valence-corrected chi connectivity index (χ2v) is 8.60. The Morgan fingerprint density at radius 3 is 1.67 bits per heavy atom. The molecule has 0 spiro atoms. The second-order valence-electron chi connectivity index (χ2n) is 7.58. The molecule has 0 aliphatic carbocycles. The molecule has 2 aromatic carbocycles. The van der Waals surface area contributed by atoms with Crippen molar-refractivity contribution in [1.29, 1.82) is 10.8 Å². The van der Waals surface area contributed by atoms with Crippen LogP contribution < -0.4 is 20.9 Å². The standard InChI is InChI=1S/C22H18N8O2S/c23-19(24)9-1-3-11-13(7-9)29-21(27-11)17-15-16(32-6-5-31-15)18(33-17)22-28-12-4-2-10(20(25)26)8-14(12)30-22/h1-4,7-8H,5-6H2,(H3,23,24)(H3,25,26)(H,27,29)(H,28,30). The first-order valence-electron chi connectivity index (χ1n) is 10.1. The molecule has 3 aromatic heterocycles. The van der Waals surface area contributed by atoms with Crippen molar-refractivity contribution in [3.8, 4) is 32.9 Å². The second kappa shape index (κ2) is 7.07. The zero-order valence-electron chi connectivity index (χ0n) is 17.2. The summed E-state index contributed by atoms with van der Waals surface area (Å²) in [6.45, 7) is 0.875. The molecule has 164 valence electrons. The number of hydrogen-bond acceptors (Lipinski definition) is 7. The van der Waals surface area contributed by atoms with Gasteiger partial charge in [-0.15, -0.1) is 11.3 Å². The van der Waals surface area contributed by atoms with Crippen LogP contribution >= 0.6 is 11.3 Å². The van der Waals surface area contributed by atoms with Crippen molar-refractivity contribution in [1.82, 2.24) is 19.9 Å². The van der Waals surface area contributed by atoms with Gasteiger partial charge < -0.3 is 30.9 Å². The quantitative estimate of drug-likeness (QED) is 0.178. The largest absolute Gasteiger partial charge is 0.484 e. The van der Waals surface area contributed by atoms with Crippen LogP contribution in [0.3, 0.4) is 0 Å². The average molecular weight is 459 g/mol. The van der Waals surface area contributed by atoms with E-state index < -0.39 is 0 Å². The molecule has 0 unspecified atom stereocenters. The Labute approximate surface area is 190 Å². The molecule has 5 aromatic rings. The monoisotopic (exact) mass is 458 g/mol. The van der Waals surface area contributed by atoms with Crippen LogP contribution in [-0.4, -0.2) is 44.8 Å². The molecular formula is C22H18N8O2S. The van der Waals surface area contributed by atoms with Crippen LogP contribution in [0.15, 0.2) is 36.4 Å². The number of nitrogens with zero attached hydrogens (tertiary/aromatic N) is 2. The lowest BCUT2D eigenvalue weighted by Gasteiger charge is -2.16. The summed E-state index contributed by atoms with van der Waals surface area (Å²) >= 11 is 1.46. The highest BCUT2D eigenvalue weighted by molar-refractivity contribution is 7.19. The molecule has 0 atom stereocenters. The molecule has 33 heavy (non-hydrogen) atoms. The Kier molecular flexibility index (Phi) is 4.14. The fourth-order valence-corrected chi connectivity index (χ4v) is 4.90. The van der Waals surface area contributed by atoms with E-state index in [1.807, 2.05) is 12.1 Å². The Morgan fingerprint density at radius 2 is 1.24 bits per heavy atom. The number of nitrogen functional groups attached to an aromatic ring is 2. The van der Waals surface area contributed by atoms with Gasteiger partial charge in [0.1, 0.15) is 34.6 Å². The summed E-state index contributed by atoms with van der Waals surface area (Å²) in [5.74, 6) is 2.50. The lowest BCUT2D eigenvalue weighted by atomic mass is 10.2. The van der Waals surface area contributed by atoms with E-state index in [2.05, 4.69) is 9.97 Å². The molecule has 0 bridgehead atoms. The summed E-state index contributed by atoms with van der Waals surface area (Å²) in [4.78, 5) is 17.7. The van der Waals surface area contributed by atoms with E-state index in [9.17, 15) is 0 Å². The number of nitrogens with two attached hydrogens (primary N) is 2. The van der Waals surface area contributed by atoms with Gasteiger partial charge in [-0.3, -0.25) is 10.8 Å². The number of fused-ring (bicyclic) bond motifs is 3. The van der Waals surface area contributed by atoms with Crippen LogP contribution in [0.4, 0.5) is 0 Å². The number of aromatic nitrogens is 4. The van der Waals surface area contributed by atoms with Gasteiger partial charge in [-0.05, 0) is 36.4 Å². The van der Waals surface area contributed by atoms with Crippen LogP contribution in [0.1, 0.15) is 11.1 Å². The van der Waals surface area contributed by atoms with Gasteiger partial charge in [0.25, 0.3) is 0 Å². The number of aromatic amines is 2. The average Bonchev–Trinajstić information content (AvgIpc) is 3.51. The maximum Gasteiger partial charge on any atom is 0.183 e. The van der Waals surface area contributed by atoms with Gasteiger partial charge >= 0.3 is 0 Å². The van der Waals surface area contributed by atoms with E-state index in [0.717, 1.165) is 20.8 Å². The summed E-state index contributed by atoms with van der Waals surface area (Å²) in [7, 11) is 0. The molecule has 0 saturated heterocycles. The minimum absolute atomic E-state index is 0.00760. The Bertz CT molecular complexity index is 1480. The number of thiophene rings is 1. The highest BCUT2D eigenvalue weighted by Crippen LogP contribution is 2.52. The number of hydrogen-bond donors (Lipinski definition) is 6. The molecule has 11 heteroatoms. The number of H-pyrrole nitrogens is 2. The van der Waals surface area contributed by atoms with Crippen molar-refractivity contribution in [3.63, 3.8) is 0 Å². The van der Waals surface area contributed by atoms with Crippen LogP contribution in [0, 0.1) is 10.8 Å². The van der Waals surface area contributed by atoms with Gasteiger partial charge in [0.2, 0.25) is 0 Å². The molecule has 0 fully saturated rings. The van der Waals surface area contributed by atoms with Crippen molar-refractivity contribution in [2.45, 2.75) is 0 Å². The van der Waals surface area contributed by atoms with Crippen LogP contribution in [0.5, 0.6) is 11.5 Å². The Morgan fingerprint density at radius 1 is 0.788 bits per heavy atom. The zero-order valence-corrected chi connectivity index (χ0v) is 18.0. The highest BCUT2D eigenvalue weighted by Gasteiger charge is 2.29. The number of rotatable bonds is 4.